The lowest BCUT2D eigenvalue weighted by atomic mass is 10.1. The summed E-state index contributed by atoms with van der Waals surface area (Å²) in [5.74, 6) is 0.930. The fraction of sp³-hybridized carbons (Fsp3) is 0.571. The van der Waals surface area contributed by atoms with Crippen LogP contribution in [0.3, 0.4) is 0 Å². The summed E-state index contributed by atoms with van der Waals surface area (Å²) >= 11 is 0. The monoisotopic (exact) mass is 250 g/mol. The normalized spacial score (nSPS) is 15.6. The van der Waals surface area contributed by atoms with Crippen LogP contribution < -0.4 is 15.1 Å². The minimum Gasteiger partial charge on any atom is -0.495 e. The molecule has 0 spiro atoms. The predicted molar refractivity (Wildman–Crippen MR) is 74.3 cm³/mol. The highest BCUT2D eigenvalue weighted by molar-refractivity contribution is 5.66. The molecule has 1 saturated heterocycles. The van der Waals surface area contributed by atoms with Gasteiger partial charge in [-0.3, -0.25) is 10.3 Å². The zero-order valence-electron chi connectivity index (χ0n) is 11.2. The molecule has 0 unspecified atom stereocenters. The summed E-state index contributed by atoms with van der Waals surface area (Å²) in [6.07, 6.45) is 3.84. The van der Waals surface area contributed by atoms with Crippen LogP contribution in [-0.4, -0.2) is 26.8 Å². The van der Waals surface area contributed by atoms with Crippen molar-refractivity contribution in [2.24, 2.45) is 0 Å². The van der Waals surface area contributed by atoms with Crippen LogP contribution in [0.1, 0.15) is 26.2 Å². The molecule has 1 aliphatic heterocycles. The van der Waals surface area contributed by atoms with Gasteiger partial charge in [0.25, 0.3) is 0 Å². The number of methoxy groups -OCH3 is 1. The molecular weight excluding hydrogens is 228 g/mol. The molecule has 0 amide bonds. The zero-order valence-corrected chi connectivity index (χ0v) is 11.2. The van der Waals surface area contributed by atoms with Gasteiger partial charge in [0.05, 0.1) is 25.1 Å². The van der Waals surface area contributed by atoms with Crippen molar-refractivity contribution in [3.63, 3.8) is 0 Å². The molecule has 1 heterocycles. The second kappa shape index (κ2) is 6.50. The van der Waals surface area contributed by atoms with E-state index < -0.39 is 0 Å². The van der Waals surface area contributed by atoms with Gasteiger partial charge in [0.2, 0.25) is 0 Å². The van der Waals surface area contributed by atoms with E-state index in [1.807, 2.05) is 19.1 Å². The Morgan fingerprint density at radius 1 is 1.22 bits per heavy atom. The first-order valence-electron chi connectivity index (χ1n) is 6.66. The van der Waals surface area contributed by atoms with Gasteiger partial charge >= 0.3 is 0 Å². The quantitative estimate of drug-likeness (QED) is 0.814. The SMILES string of the molecule is CCONc1ccc(OC)c(N2CCCCC2)c1. The molecule has 0 saturated carbocycles. The number of ether oxygens (including phenoxy) is 1. The fourth-order valence-corrected chi connectivity index (χ4v) is 2.29. The highest BCUT2D eigenvalue weighted by Crippen LogP contribution is 2.33. The third kappa shape index (κ3) is 3.07. The van der Waals surface area contributed by atoms with Crippen LogP contribution in [0.5, 0.6) is 5.75 Å². The number of rotatable bonds is 5. The molecule has 1 fully saturated rings. The van der Waals surface area contributed by atoms with Crippen molar-refractivity contribution >= 4 is 11.4 Å². The Balaban J connectivity index is 2.18. The minimum atomic E-state index is 0.644. The lowest BCUT2D eigenvalue weighted by Crippen LogP contribution is -2.29. The maximum Gasteiger partial charge on any atom is 0.142 e. The standard InChI is InChI=1S/C14H22N2O2/c1-3-18-15-12-7-8-14(17-2)13(11-12)16-9-5-4-6-10-16/h7-8,11,15H,3-6,9-10H2,1-2H3. The number of hydrogen-bond donors (Lipinski definition) is 1. The lowest BCUT2D eigenvalue weighted by Gasteiger charge is -2.30. The second-order valence-corrected chi connectivity index (χ2v) is 4.47. The largest absolute Gasteiger partial charge is 0.495 e. The van der Waals surface area contributed by atoms with Crippen LogP contribution in [0.25, 0.3) is 0 Å². The van der Waals surface area contributed by atoms with Gasteiger partial charge in [-0.05, 0) is 44.4 Å². The maximum atomic E-state index is 5.45. The number of hydrogen-bond acceptors (Lipinski definition) is 4. The Kier molecular flexibility index (Phi) is 4.70. The van der Waals surface area contributed by atoms with Crippen LogP contribution in [0, 0.1) is 0 Å². The maximum absolute atomic E-state index is 5.45. The van der Waals surface area contributed by atoms with Gasteiger partial charge in [-0.15, -0.1) is 0 Å². The van der Waals surface area contributed by atoms with Crippen LogP contribution in [0.15, 0.2) is 18.2 Å². The average molecular weight is 250 g/mol. The van der Waals surface area contributed by atoms with E-state index in [1.165, 1.54) is 19.3 Å². The Labute approximate surface area is 109 Å². The topological polar surface area (TPSA) is 33.7 Å². The molecule has 1 aliphatic rings. The fourth-order valence-electron chi connectivity index (χ4n) is 2.29. The summed E-state index contributed by atoms with van der Waals surface area (Å²) in [6, 6.07) is 6.06. The predicted octanol–water partition coefficient (Wildman–Crippen LogP) is 3.05. The molecule has 2 rings (SSSR count). The van der Waals surface area contributed by atoms with E-state index in [1.54, 1.807) is 7.11 Å². The highest BCUT2D eigenvalue weighted by atomic mass is 16.6. The summed E-state index contributed by atoms with van der Waals surface area (Å²) in [6.45, 7) is 4.82. The molecule has 0 atom stereocenters. The summed E-state index contributed by atoms with van der Waals surface area (Å²) in [4.78, 5) is 7.61. The van der Waals surface area contributed by atoms with E-state index in [0.29, 0.717) is 6.61 Å². The number of benzene rings is 1. The van der Waals surface area contributed by atoms with Crippen molar-refractivity contribution in [2.75, 3.05) is 37.2 Å². The molecule has 1 N–H and O–H groups in total. The summed E-state index contributed by atoms with van der Waals surface area (Å²) in [7, 11) is 1.72. The lowest BCUT2D eigenvalue weighted by molar-refractivity contribution is 0.210. The van der Waals surface area contributed by atoms with Gasteiger partial charge in [0, 0.05) is 13.1 Å². The third-order valence-corrected chi connectivity index (χ3v) is 3.21. The molecule has 4 nitrogen and oxygen atoms in total. The van der Waals surface area contributed by atoms with Crippen molar-refractivity contribution in [3.05, 3.63) is 18.2 Å². The second-order valence-electron chi connectivity index (χ2n) is 4.47. The molecule has 0 aliphatic carbocycles. The highest BCUT2D eigenvalue weighted by Gasteiger charge is 2.15. The van der Waals surface area contributed by atoms with Crippen molar-refractivity contribution in [1.29, 1.82) is 0 Å². The molecule has 18 heavy (non-hydrogen) atoms. The molecule has 1 aromatic carbocycles. The first kappa shape index (κ1) is 13.0. The number of anilines is 2. The molecule has 0 bridgehead atoms. The van der Waals surface area contributed by atoms with E-state index in [4.69, 9.17) is 9.57 Å². The van der Waals surface area contributed by atoms with E-state index in [2.05, 4.69) is 16.4 Å². The zero-order chi connectivity index (χ0) is 12.8. The molecule has 0 aromatic heterocycles. The number of piperidine rings is 1. The smallest absolute Gasteiger partial charge is 0.142 e. The van der Waals surface area contributed by atoms with Crippen LogP contribution in [-0.2, 0) is 4.84 Å². The van der Waals surface area contributed by atoms with Gasteiger partial charge in [0.1, 0.15) is 5.75 Å². The number of nitrogens with zero attached hydrogens (tertiary/aromatic N) is 1. The van der Waals surface area contributed by atoms with Gasteiger partial charge in [-0.25, -0.2) is 0 Å². The van der Waals surface area contributed by atoms with Gasteiger partial charge < -0.3 is 9.64 Å². The van der Waals surface area contributed by atoms with Crippen molar-refractivity contribution < 1.29 is 9.57 Å². The molecule has 4 heteroatoms. The van der Waals surface area contributed by atoms with Crippen molar-refractivity contribution in [2.45, 2.75) is 26.2 Å². The first-order valence-corrected chi connectivity index (χ1v) is 6.66. The van der Waals surface area contributed by atoms with Crippen LogP contribution >= 0.6 is 0 Å². The first-order chi connectivity index (χ1) is 8.85. The molecule has 1 aromatic rings. The summed E-state index contributed by atoms with van der Waals surface area (Å²) in [5.41, 5.74) is 5.07. The summed E-state index contributed by atoms with van der Waals surface area (Å²) < 4.78 is 5.45. The Morgan fingerprint density at radius 3 is 2.67 bits per heavy atom. The Morgan fingerprint density at radius 2 is 2.00 bits per heavy atom. The van der Waals surface area contributed by atoms with Gasteiger partial charge in [-0.1, -0.05) is 0 Å². The molecular formula is C14H22N2O2. The van der Waals surface area contributed by atoms with Crippen molar-refractivity contribution in [1.82, 2.24) is 0 Å². The van der Waals surface area contributed by atoms with E-state index >= 15 is 0 Å². The Hall–Kier alpha value is -1.42. The van der Waals surface area contributed by atoms with Gasteiger partial charge in [0.15, 0.2) is 0 Å². The van der Waals surface area contributed by atoms with E-state index in [-0.39, 0.29) is 0 Å². The average Bonchev–Trinajstić information content (AvgIpc) is 2.45. The van der Waals surface area contributed by atoms with E-state index in [9.17, 15) is 0 Å². The summed E-state index contributed by atoms with van der Waals surface area (Å²) in [5, 5.41) is 0. The van der Waals surface area contributed by atoms with Crippen LogP contribution in [0.2, 0.25) is 0 Å². The minimum absolute atomic E-state index is 0.644. The molecule has 100 valence electrons. The van der Waals surface area contributed by atoms with Crippen LogP contribution in [0.4, 0.5) is 11.4 Å². The van der Waals surface area contributed by atoms with Crippen molar-refractivity contribution in [3.8, 4) is 5.75 Å². The van der Waals surface area contributed by atoms with Gasteiger partial charge in [-0.2, -0.15) is 0 Å². The number of nitrogens with one attached hydrogen (secondary N) is 1. The Bertz CT molecular complexity index is 376. The molecule has 0 radical (unpaired) electrons. The van der Waals surface area contributed by atoms with E-state index in [0.717, 1.165) is 30.2 Å². The third-order valence-electron chi connectivity index (χ3n) is 3.21.